The van der Waals surface area contributed by atoms with Crippen molar-refractivity contribution in [3.8, 4) is 0 Å². The molecule has 0 amide bonds. The SMILES string of the molecule is C=NN(/C=C(\N)c1nccc(N)c1/C=N\C)Cc1cn2cc(CNCC3CCC3)ccc2n1. The van der Waals surface area contributed by atoms with Crippen molar-refractivity contribution < 1.29 is 0 Å². The van der Waals surface area contributed by atoms with Gasteiger partial charge in [0.05, 0.1) is 23.6 Å². The highest BCUT2D eigenvalue weighted by Crippen LogP contribution is 2.25. The highest BCUT2D eigenvalue weighted by molar-refractivity contribution is 5.92. The van der Waals surface area contributed by atoms with Gasteiger partial charge in [-0.25, -0.2) is 4.98 Å². The molecule has 1 saturated carbocycles. The van der Waals surface area contributed by atoms with Gasteiger partial charge in [0, 0.05) is 62.6 Å². The minimum Gasteiger partial charge on any atom is -0.398 e. The predicted molar refractivity (Wildman–Crippen MR) is 134 cm³/mol. The fourth-order valence-corrected chi connectivity index (χ4v) is 3.90. The maximum atomic E-state index is 6.32. The Morgan fingerprint density at radius 3 is 2.91 bits per heavy atom. The molecule has 0 bridgehead atoms. The summed E-state index contributed by atoms with van der Waals surface area (Å²) in [7, 11) is 1.67. The van der Waals surface area contributed by atoms with Crippen LogP contribution in [0, 0.1) is 5.92 Å². The first-order chi connectivity index (χ1) is 16.1. The number of hydrazone groups is 1. The van der Waals surface area contributed by atoms with Crippen LogP contribution in [0.2, 0.25) is 0 Å². The third-order valence-corrected chi connectivity index (χ3v) is 5.90. The molecule has 33 heavy (non-hydrogen) atoms. The topological polar surface area (TPSA) is 122 Å². The van der Waals surface area contributed by atoms with Crippen molar-refractivity contribution in [1.82, 2.24) is 24.7 Å². The summed E-state index contributed by atoms with van der Waals surface area (Å²) < 4.78 is 2.04. The maximum Gasteiger partial charge on any atom is 0.137 e. The number of rotatable bonds is 10. The second kappa shape index (κ2) is 10.3. The number of aliphatic imine (C=N–C) groups is 1. The molecule has 5 N–H and O–H groups in total. The molecular formula is C24H31N9. The normalized spacial score (nSPS) is 14.6. The van der Waals surface area contributed by atoms with Gasteiger partial charge in [0.2, 0.25) is 0 Å². The second-order valence-electron chi connectivity index (χ2n) is 8.34. The van der Waals surface area contributed by atoms with Crippen LogP contribution in [0.3, 0.4) is 0 Å². The molecule has 1 fully saturated rings. The van der Waals surface area contributed by atoms with Crippen molar-refractivity contribution in [1.29, 1.82) is 0 Å². The lowest BCUT2D eigenvalue weighted by Crippen LogP contribution is -2.26. The number of fused-ring (bicyclic) bond motifs is 1. The first-order valence-electron chi connectivity index (χ1n) is 11.1. The highest BCUT2D eigenvalue weighted by atomic mass is 15.4. The summed E-state index contributed by atoms with van der Waals surface area (Å²) in [6.45, 7) is 6.04. The van der Waals surface area contributed by atoms with Gasteiger partial charge in [0.15, 0.2) is 0 Å². The minimum atomic E-state index is 0.410. The van der Waals surface area contributed by atoms with E-state index >= 15 is 0 Å². The number of hydrogen-bond acceptors (Lipinski definition) is 8. The summed E-state index contributed by atoms with van der Waals surface area (Å²) >= 11 is 0. The Morgan fingerprint density at radius 1 is 1.33 bits per heavy atom. The van der Waals surface area contributed by atoms with Gasteiger partial charge in [-0.15, -0.1) is 0 Å². The molecule has 0 unspecified atom stereocenters. The smallest absolute Gasteiger partial charge is 0.137 e. The van der Waals surface area contributed by atoms with Crippen molar-refractivity contribution in [3.63, 3.8) is 0 Å². The lowest BCUT2D eigenvalue weighted by atomic mass is 9.85. The molecule has 0 aliphatic heterocycles. The van der Waals surface area contributed by atoms with Crippen LogP contribution < -0.4 is 16.8 Å². The second-order valence-corrected chi connectivity index (χ2v) is 8.34. The summed E-state index contributed by atoms with van der Waals surface area (Å²) in [5, 5.41) is 9.28. The fourth-order valence-electron chi connectivity index (χ4n) is 3.90. The Bertz CT molecular complexity index is 1170. The van der Waals surface area contributed by atoms with E-state index < -0.39 is 0 Å². The Balaban J connectivity index is 1.47. The summed E-state index contributed by atoms with van der Waals surface area (Å²) in [6.07, 6.45) is 13.1. The van der Waals surface area contributed by atoms with Crippen molar-refractivity contribution in [2.75, 3.05) is 19.3 Å². The Hall–Kier alpha value is -3.72. The van der Waals surface area contributed by atoms with Crippen LogP contribution in [-0.2, 0) is 13.1 Å². The maximum absolute atomic E-state index is 6.32. The van der Waals surface area contributed by atoms with E-state index in [1.54, 1.807) is 36.7 Å². The molecule has 4 rings (SSSR count). The van der Waals surface area contributed by atoms with Crippen LogP contribution in [0.15, 0.2) is 53.1 Å². The summed E-state index contributed by atoms with van der Waals surface area (Å²) in [4.78, 5) is 13.1. The highest BCUT2D eigenvalue weighted by Gasteiger charge is 2.16. The van der Waals surface area contributed by atoms with E-state index in [1.807, 2.05) is 16.7 Å². The standard InChI is InChI=1S/C24H31N9/c1-27-12-20-21(25)8-9-30-24(20)22(26)16-33(28-2)15-19-14-32-13-18(6-7-23(32)31-19)11-29-10-17-4-3-5-17/h6-9,12-14,16-17,29H,2-5,10-11,15,26H2,1H3,(H2,25,30)/b22-16-,27-12-. The zero-order valence-corrected chi connectivity index (χ0v) is 19.0. The summed E-state index contributed by atoms with van der Waals surface area (Å²) in [5.74, 6) is 0.847. The van der Waals surface area contributed by atoms with Gasteiger partial charge in [0.25, 0.3) is 0 Å². The molecule has 3 aromatic heterocycles. The monoisotopic (exact) mass is 445 g/mol. The molecule has 0 spiro atoms. The first-order valence-corrected chi connectivity index (χ1v) is 11.1. The molecule has 1 aliphatic carbocycles. The number of hydrogen-bond donors (Lipinski definition) is 3. The van der Waals surface area contributed by atoms with Gasteiger partial charge in [-0.2, -0.15) is 5.10 Å². The third kappa shape index (κ3) is 5.38. The largest absolute Gasteiger partial charge is 0.398 e. The lowest BCUT2D eigenvalue weighted by Gasteiger charge is -2.25. The molecule has 0 saturated heterocycles. The van der Waals surface area contributed by atoms with Crippen molar-refractivity contribution in [2.24, 2.45) is 21.7 Å². The van der Waals surface area contributed by atoms with E-state index in [2.05, 4.69) is 39.4 Å². The Kier molecular flexibility index (Phi) is 6.99. The first kappa shape index (κ1) is 22.5. The zero-order chi connectivity index (χ0) is 23.2. The number of pyridine rings is 2. The Labute approximate surface area is 193 Å². The number of aromatic nitrogens is 3. The number of nitrogens with one attached hydrogen (secondary N) is 1. The molecule has 9 heteroatoms. The molecule has 0 atom stereocenters. The van der Waals surface area contributed by atoms with Crippen molar-refractivity contribution in [3.05, 3.63) is 65.5 Å². The molecule has 9 nitrogen and oxygen atoms in total. The predicted octanol–water partition coefficient (Wildman–Crippen LogP) is 2.62. The minimum absolute atomic E-state index is 0.410. The fraction of sp³-hybridized carbons (Fsp3) is 0.333. The van der Waals surface area contributed by atoms with Crippen LogP contribution in [0.25, 0.3) is 11.3 Å². The molecule has 0 aromatic carbocycles. The molecule has 3 heterocycles. The van der Waals surface area contributed by atoms with E-state index in [0.717, 1.165) is 30.3 Å². The van der Waals surface area contributed by atoms with Gasteiger partial charge in [-0.05, 0) is 43.0 Å². The number of nitrogen functional groups attached to an aromatic ring is 1. The van der Waals surface area contributed by atoms with E-state index in [9.17, 15) is 0 Å². The van der Waals surface area contributed by atoms with E-state index in [1.165, 1.54) is 24.8 Å². The Morgan fingerprint density at radius 2 is 2.18 bits per heavy atom. The summed E-state index contributed by atoms with van der Waals surface area (Å²) in [5.41, 5.74) is 17.5. The number of anilines is 1. The van der Waals surface area contributed by atoms with Gasteiger partial charge in [-0.3, -0.25) is 15.0 Å². The van der Waals surface area contributed by atoms with Crippen LogP contribution in [0.1, 0.15) is 41.8 Å². The van der Waals surface area contributed by atoms with Crippen molar-refractivity contribution >= 4 is 30.0 Å². The van der Waals surface area contributed by atoms with Gasteiger partial charge >= 0.3 is 0 Å². The zero-order valence-electron chi connectivity index (χ0n) is 19.0. The third-order valence-electron chi connectivity index (χ3n) is 5.90. The van der Waals surface area contributed by atoms with E-state index in [0.29, 0.717) is 29.2 Å². The molecule has 172 valence electrons. The van der Waals surface area contributed by atoms with Crippen LogP contribution in [-0.4, -0.2) is 45.9 Å². The van der Waals surface area contributed by atoms with Crippen LogP contribution in [0.5, 0.6) is 0 Å². The van der Waals surface area contributed by atoms with E-state index in [4.69, 9.17) is 16.5 Å². The average molecular weight is 446 g/mol. The number of nitrogens with two attached hydrogens (primary N) is 2. The number of imidazole rings is 1. The van der Waals surface area contributed by atoms with Crippen LogP contribution >= 0.6 is 0 Å². The molecule has 1 aliphatic rings. The molecule has 0 radical (unpaired) electrons. The molecular weight excluding hydrogens is 414 g/mol. The van der Waals surface area contributed by atoms with Gasteiger partial charge in [0.1, 0.15) is 5.65 Å². The number of nitrogens with zero attached hydrogens (tertiary/aromatic N) is 6. The van der Waals surface area contributed by atoms with Gasteiger partial charge in [-0.1, -0.05) is 12.5 Å². The average Bonchev–Trinajstić information content (AvgIpc) is 3.18. The summed E-state index contributed by atoms with van der Waals surface area (Å²) in [6, 6.07) is 5.86. The molecule has 3 aromatic rings. The lowest BCUT2D eigenvalue weighted by molar-refractivity contribution is 0.301. The van der Waals surface area contributed by atoms with Crippen LogP contribution in [0.4, 0.5) is 5.69 Å². The quantitative estimate of drug-likeness (QED) is 0.326. The van der Waals surface area contributed by atoms with Crippen molar-refractivity contribution in [2.45, 2.75) is 32.4 Å². The van der Waals surface area contributed by atoms with Gasteiger partial charge < -0.3 is 21.2 Å². The van der Waals surface area contributed by atoms with E-state index in [-0.39, 0.29) is 0 Å².